The summed E-state index contributed by atoms with van der Waals surface area (Å²) in [6, 6.07) is 7.04. The maximum absolute atomic E-state index is 12.1. The molecule has 3 heteroatoms. The minimum Gasteiger partial charge on any atom is -0.315 e. The highest BCUT2D eigenvalue weighted by Gasteiger charge is 2.04. The summed E-state index contributed by atoms with van der Waals surface area (Å²) in [6.07, 6.45) is 3.40. The maximum atomic E-state index is 12.1. The molecule has 0 saturated heterocycles. The van der Waals surface area contributed by atoms with Crippen molar-refractivity contribution in [1.82, 2.24) is 5.32 Å². The van der Waals surface area contributed by atoms with Gasteiger partial charge < -0.3 is 5.32 Å². The van der Waals surface area contributed by atoms with Gasteiger partial charge in [0.25, 0.3) is 0 Å². The number of unbranched alkanes of at least 4 members (excludes halogenated alkanes) is 1. The van der Waals surface area contributed by atoms with E-state index in [0.29, 0.717) is 11.8 Å². The molecule has 0 radical (unpaired) electrons. The van der Waals surface area contributed by atoms with E-state index >= 15 is 0 Å². The Morgan fingerprint density at radius 1 is 1.15 bits per heavy atom. The van der Waals surface area contributed by atoms with Gasteiger partial charge in [-0.3, -0.25) is 4.21 Å². The van der Waals surface area contributed by atoms with Crippen LogP contribution < -0.4 is 5.32 Å². The van der Waals surface area contributed by atoms with E-state index in [0.717, 1.165) is 25.1 Å². The lowest BCUT2D eigenvalue weighted by molar-refractivity contribution is 0.509. The second-order valence-electron chi connectivity index (χ2n) is 5.74. The third kappa shape index (κ3) is 7.20. The molecule has 1 aromatic rings. The Morgan fingerprint density at radius 2 is 1.80 bits per heavy atom. The molecule has 0 aliphatic heterocycles. The highest BCUT2D eigenvalue weighted by Crippen LogP contribution is 2.12. The molecule has 2 unspecified atom stereocenters. The Labute approximate surface area is 126 Å². The lowest BCUT2D eigenvalue weighted by atomic mass is 10.1. The summed E-state index contributed by atoms with van der Waals surface area (Å²) in [4.78, 5) is 0. The molecule has 2 atom stereocenters. The zero-order chi connectivity index (χ0) is 15.0. The van der Waals surface area contributed by atoms with Crippen LogP contribution in [0.25, 0.3) is 0 Å². The number of rotatable bonds is 9. The van der Waals surface area contributed by atoms with Gasteiger partial charge in [0.2, 0.25) is 0 Å². The second-order valence-corrected chi connectivity index (χ2v) is 7.32. The van der Waals surface area contributed by atoms with Crippen molar-refractivity contribution in [2.45, 2.75) is 58.8 Å². The highest BCUT2D eigenvalue weighted by atomic mass is 32.2. The van der Waals surface area contributed by atoms with Gasteiger partial charge in [0.15, 0.2) is 0 Å². The van der Waals surface area contributed by atoms with Crippen LogP contribution >= 0.6 is 0 Å². The van der Waals surface area contributed by atoms with Crippen molar-refractivity contribution in [3.05, 3.63) is 34.9 Å². The fourth-order valence-corrected chi connectivity index (χ4v) is 3.78. The van der Waals surface area contributed by atoms with Gasteiger partial charge in [-0.2, -0.15) is 0 Å². The summed E-state index contributed by atoms with van der Waals surface area (Å²) in [6.45, 7) is 9.58. The number of nitrogens with one attached hydrogen (secondary N) is 1. The van der Waals surface area contributed by atoms with Crippen molar-refractivity contribution < 1.29 is 4.21 Å². The van der Waals surface area contributed by atoms with Gasteiger partial charge in [-0.25, -0.2) is 0 Å². The van der Waals surface area contributed by atoms with E-state index in [1.54, 1.807) is 0 Å². The summed E-state index contributed by atoms with van der Waals surface area (Å²) in [5.74, 6) is 1.52. The summed E-state index contributed by atoms with van der Waals surface area (Å²) in [5.41, 5.74) is 3.73. The van der Waals surface area contributed by atoms with Crippen molar-refractivity contribution in [2.24, 2.45) is 0 Å². The first-order valence-electron chi connectivity index (χ1n) is 7.66. The Balaban J connectivity index is 2.26. The molecule has 0 aliphatic carbocycles. The predicted octanol–water partition coefficient (Wildman–Crippen LogP) is 3.72. The summed E-state index contributed by atoms with van der Waals surface area (Å²) < 4.78 is 12.1. The van der Waals surface area contributed by atoms with Crippen LogP contribution in [0.4, 0.5) is 0 Å². The average molecular weight is 295 g/mol. The van der Waals surface area contributed by atoms with Gasteiger partial charge in [-0.15, -0.1) is 0 Å². The Hall–Kier alpha value is -0.670. The van der Waals surface area contributed by atoms with E-state index in [1.807, 2.05) is 0 Å². The van der Waals surface area contributed by atoms with Crippen LogP contribution in [0.15, 0.2) is 18.2 Å². The van der Waals surface area contributed by atoms with Crippen LogP contribution in [0.5, 0.6) is 0 Å². The predicted molar refractivity (Wildman–Crippen MR) is 89.6 cm³/mol. The lowest BCUT2D eigenvalue weighted by Crippen LogP contribution is -2.25. The van der Waals surface area contributed by atoms with Crippen molar-refractivity contribution in [2.75, 3.05) is 12.3 Å². The van der Waals surface area contributed by atoms with Crippen molar-refractivity contribution >= 4 is 10.8 Å². The molecule has 2 nitrogen and oxygen atoms in total. The van der Waals surface area contributed by atoms with Gasteiger partial charge in [0.05, 0.1) is 0 Å². The molecule has 0 spiro atoms. The normalized spacial score (nSPS) is 14.2. The molecule has 0 fully saturated rings. The van der Waals surface area contributed by atoms with Crippen molar-refractivity contribution in [3.8, 4) is 0 Å². The van der Waals surface area contributed by atoms with Gasteiger partial charge in [0, 0.05) is 28.3 Å². The second kappa shape index (κ2) is 9.30. The smallest absolute Gasteiger partial charge is 0.0485 e. The molecule has 0 aliphatic rings. The third-order valence-electron chi connectivity index (χ3n) is 3.42. The van der Waals surface area contributed by atoms with Crippen LogP contribution in [-0.2, 0) is 16.6 Å². The fraction of sp³-hybridized carbons (Fsp3) is 0.647. The molecule has 1 rings (SSSR count). The molecule has 0 aromatic heterocycles. The van der Waals surface area contributed by atoms with E-state index in [4.69, 9.17) is 0 Å². The molecule has 1 N–H and O–H groups in total. The summed E-state index contributed by atoms with van der Waals surface area (Å²) >= 11 is 0. The molecule has 20 heavy (non-hydrogen) atoms. The van der Waals surface area contributed by atoms with E-state index in [9.17, 15) is 4.21 Å². The largest absolute Gasteiger partial charge is 0.315 e. The Bertz CT molecular complexity index is 411. The van der Waals surface area contributed by atoms with Gasteiger partial charge in [0.1, 0.15) is 0 Å². The standard InChI is InChI=1S/C17H29NOS/c1-5-18-16(4)8-6-7-9-20(19)13-17-11-14(2)10-15(3)12-17/h10-12,16,18H,5-9,13H2,1-4H3. The minimum atomic E-state index is -0.726. The number of hydrogen-bond donors (Lipinski definition) is 1. The zero-order valence-corrected chi connectivity index (χ0v) is 14.2. The monoisotopic (exact) mass is 295 g/mol. The van der Waals surface area contributed by atoms with Crippen LogP contribution in [0, 0.1) is 13.8 Å². The molecular formula is C17H29NOS. The molecule has 0 heterocycles. The first kappa shape index (κ1) is 17.4. The van der Waals surface area contributed by atoms with Crippen molar-refractivity contribution in [3.63, 3.8) is 0 Å². The first-order valence-corrected chi connectivity index (χ1v) is 9.15. The van der Waals surface area contributed by atoms with Gasteiger partial charge >= 0.3 is 0 Å². The molecule has 114 valence electrons. The number of hydrogen-bond acceptors (Lipinski definition) is 2. The molecule has 0 bridgehead atoms. The van der Waals surface area contributed by atoms with E-state index in [1.165, 1.54) is 23.1 Å². The quantitative estimate of drug-likeness (QED) is 0.704. The lowest BCUT2D eigenvalue weighted by Gasteiger charge is -2.11. The average Bonchev–Trinajstić information content (AvgIpc) is 2.33. The summed E-state index contributed by atoms with van der Waals surface area (Å²) in [7, 11) is -0.726. The van der Waals surface area contributed by atoms with Crippen LogP contribution in [-0.4, -0.2) is 22.5 Å². The van der Waals surface area contributed by atoms with Crippen LogP contribution in [0.2, 0.25) is 0 Å². The molecular weight excluding hydrogens is 266 g/mol. The fourth-order valence-electron chi connectivity index (χ4n) is 2.57. The van der Waals surface area contributed by atoms with Crippen LogP contribution in [0.1, 0.15) is 49.8 Å². The molecule has 1 aromatic carbocycles. The SMILES string of the molecule is CCNC(C)CCCCS(=O)Cc1cc(C)cc(C)c1. The van der Waals surface area contributed by atoms with Gasteiger partial charge in [-0.05, 0) is 45.7 Å². The van der Waals surface area contributed by atoms with E-state index < -0.39 is 10.8 Å². The number of benzene rings is 1. The van der Waals surface area contributed by atoms with E-state index in [-0.39, 0.29) is 0 Å². The maximum Gasteiger partial charge on any atom is 0.0485 e. The van der Waals surface area contributed by atoms with Crippen LogP contribution in [0.3, 0.4) is 0 Å². The topological polar surface area (TPSA) is 29.1 Å². The first-order chi connectivity index (χ1) is 9.51. The summed E-state index contributed by atoms with van der Waals surface area (Å²) in [5, 5.41) is 3.41. The van der Waals surface area contributed by atoms with E-state index in [2.05, 4.69) is 51.2 Å². The minimum absolute atomic E-state index is 0.577. The Kier molecular flexibility index (Phi) is 8.08. The molecule has 0 amide bonds. The number of aryl methyl sites for hydroxylation is 2. The van der Waals surface area contributed by atoms with Crippen molar-refractivity contribution in [1.29, 1.82) is 0 Å². The highest BCUT2D eigenvalue weighted by molar-refractivity contribution is 7.84. The Morgan fingerprint density at radius 3 is 2.40 bits per heavy atom. The van der Waals surface area contributed by atoms with Gasteiger partial charge in [-0.1, -0.05) is 42.7 Å². The molecule has 0 saturated carbocycles. The zero-order valence-electron chi connectivity index (χ0n) is 13.4. The third-order valence-corrected chi connectivity index (χ3v) is 4.82.